The molecule has 1 aromatic rings. The Labute approximate surface area is 121 Å². The van der Waals surface area contributed by atoms with Crippen molar-refractivity contribution in [1.82, 2.24) is 4.90 Å². The third-order valence-corrected chi connectivity index (χ3v) is 3.89. The summed E-state index contributed by atoms with van der Waals surface area (Å²) >= 11 is 0. The first-order valence-corrected chi connectivity index (χ1v) is 7.00. The highest BCUT2D eigenvalue weighted by atomic mass is 16.5. The fraction of sp³-hybridized carbons (Fsp3) is 0.471. The molecular formula is C17H23NO2. The van der Waals surface area contributed by atoms with Gasteiger partial charge >= 0.3 is 0 Å². The summed E-state index contributed by atoms with van der Waals surface area (Å²) in [5.41, 5.74) is 0.0522. The lowest BCUT2D eigenvalue weighted by Gasteiger charge is -2.49. The van der Waals surface area contributed by atoms with E-state index in [-0.39, 0.29) is 11.4 Å². The van der Waals surface area contributed by atoms with Crippen LogP contribution in [0.15, 0.2) is 43.0 Å². The molecule has 0 aromatic heterocycles. The van der Waals surface area contributed by atoms with Gasteiger partial charge in [-0.25, -0.2) is 0 Å². The zero-order chi connectivity index (χ0) is 14.8. The molecule has 1 aliphatic rings. The van der Waals surface area contributed by atoms with Crippen molar-refractivity contribution < 1.29 is 9.53 Å². The molecular weight excluding hydrogens is 250 g/mol. The number of amides is 1. The van der Waals surface area contributed by atoms with Crippen molar-refractivity contribution in [3.05, 3.63) is 48.6 Å². The van der Waals surface area contributed by atoms with Crippen molar-refractivity contribution in [3.63, 3.8) is 0 Å². The maximum absolute atomic E-state index is 12.8. The van der Waals surface area contributed by atoms with E-state index in [1.165, 1.54) is 0 Å². The fourth-order valence-corrected chi connectivity index (χ4v) is 2.51. The van der Waals surface area contributed by atoms with Crippen LogP contribution >= 0.6 is 0 Å². The molecule has 0 bridgehead atoms. The molecule has 3 nitrogen and oxygen atoms in total. The molecule has 0 N–H and O–H groups in total. The van der Waals surface area contributed by atoms with Gasteiger partial charge in [-0.3, -0.25) is 4.79 Å². The molecule has 1 unspecified atom stereocenters. The predicted molar refractivity (Wildman–Crippen MR) is 80.2 cm³/mol. The highest BCUT2D eigenvalue weighted by molar-refractivity contribution is 5.86. The summed E-state index contributed by atoms with van der Waals surface area (Å²) in [6.45, 7) is 10.8. The molecule has 1 saturated heterocycles. The van der Waals surface area contributed by atoms with Crippen LogP contribution in [-0.4, -0.2) is 28.6 Å². The van der Waals surface area contributed by atoms with Crippen LogP contribution in [0.1, 0.15) is 32.8 Å². The van der Waals surface area contributed by atoms with Crippen molar-refractivity contribution in [2.24, 2.45) is 0 Å². The second-order valence-corrected chi connectivity index (χ2v) is 6.20. The van der Waals surface area contributed by atoms with Gasteiger partial charge in [-0.15, -0.1) is 6.58 Å². The summed E-state index contributed by atoms with van der Waals surface area (Å²) in [7, 11) is 0. The van der Waals surface area contributed by atoms with Gasteiger partial charge < -0.3 is 9.64 Å². The minimum Gasteiger partial charge on any atom is -0.363 e. The number of carbonyl (C=O) groups excluding carboxylic acids is 1. The molecule has 0 spiro atoms. The Morgan fingerprint density at radius 1 is 1.30 bits per heavy atom. The van der Waals surface area contributed by atoms with E-state index in [1.807, 2.05) is 56.0 Å². The van der Waals surface area contributed by atoms with Crippen LogP contribution in [0.5, 0.6) is 0 Å². The second-order valence-electron chi connectivity index (χ2n) is 6.20. The number of rotatable bonds is 4. The Morgan fingerprint density at radius 2 is 1.95 bits per heavy atom. The molecule has 0 aliphatic carbocycles. The Hall–Kier alpha value is -1.61. The van der Waals surface area contributed by atoms with Gasteiger partial charge in [0, 0.05) is 13.0 Å². The number of hydrogen-bond acceptors (Lipinski definition) is 2. The number of benzene rings is 1. The third-order valence-electron chi connectivity index (χ3n) is 3.89. The fourth-order valence-electron chi connectivity index (χ4n) is 2.51. The molecule has 1 atom stereocenters. The van der Waals surface area contributed by atoms with Crippen molar-refractivity contribution in [3.8, 4) is 0 Å². The number of morpholine rings is 1. The van der Waals surface area contributed by atoms with Crippen LogP contribution in [0.25, 0.3) is 0 Å². The first-order chi connectivity index (χ1) is 9.39. The van der Waals surface area contributed by atoms with Gasteiger partial charge in [0.15, 0.2) is 0 Å². The minimum atomic E-state index is -0.786. The van der Waals surface area contributed by atoms with E-state index >= 15 is 0 Å². The standard InChI is InChI=1S/C17H23NO2/c1-5-11-17(4)15(19)18(16(2,3)13-20-17)12-14-9-7-6-8-10-14/h5-10H,1,11-13H2,2-4H3. The van der Waals surface area contributed by atoms with Crippen LogP contribution in [-0.2, 0) is 16.1 Å². The first kappa shape index (κ1) is 14.8. The van der Waals surface area contributed by atoms with Gasteiger partial charge in [0.1, 0.15) is 5.60 Å². The Morgan fingerprint density at radius 3 is 2.55 bits per heavy atom. The van der Waals surface area contributed by atoms with E-state index in [2.05, 4.69) is 6.58 Å². The molecule has 0 saturated carbocycles. The third kappa shape index (κ3) is 2.78. The Balaban J connectivity index is 2.26. The van der Waals surface area contributed by atoms with Crippen molar-refractivity contribution in [2.75, 3.05) is 6.61 Å². The Kier molecular flexibility index (Phi) is 4.00. The molecule has 0 radical (unpaired) electrons. The number of hydrogen-bond donors (Lipinski definition) is 0. The van der Waals surface area contributed by atoms with Crippen molar-refractivity contribution >= 4 is 5.91 Å². The van der Waals surface area contributed by atoms with Gasteiger partial charge in [0.25, 0.3) is 5.91 Å². The lowest BCUT2D eigenvalue weighted by molar-refractivity contribution is -0.187. The summed E-state index contributed by atoms with van der Waals surface area (Å²) in [5.74, 6) is 0.0394. The van der Waals surface area contributed by atoms with E-state index in [0.717, 1.165) is 5.56 Å². The molecule has 1 fully saturated rings. The average Bonchev–Trinajstić information content (AvgIpc) is 2.42. The number of ether oxygens (including phenoxy) is 1. The van der Waals surface area contributed by atoms with Gasteiger partial charge in [-0.2, -0.15) is 0 Å². The van der Waals surface area contributed by atoms with E-state index in [0.29, 0.717) is 19.6 Å². The SMILES string of the molecule is C=CCC1(C)OCC(C)(C)N(Cc2ccccc2)C1=O. The summed E-state index contributed by atoms with van der Waals surface area (Å²) in [5, 5.41) is 0. The highest BCUT2D eigenvalue weighted by Crippen LogP contribution is 2.33. The number of carbonyl (C=O) groups is 1. The van der Waals surface area contributed by atoms with Gasteiger partial charge in [-0.05, 0) is 26.3 Å². The van der Waals surface area contributed by atoms with Crippen LogP contribution in [0.2, 0.25) is 0 Å². The predicted octanol–water partition coefficient (Wildman–Crippen LogP) is 3.16. The summed E-state index contributed by atoms with van der Waals surface area (Å²) < 4.78 is 5.84. The van der Waals surface area contributed by atoms with E-state index in [1.54, 1.807) is 6.08 Å². The quantitative estimate of drug-likeness (QED) is 0.789. The van der Waals surface area contributed by atoms with Gasteiger partial charge in [0.2, 0.25) is 0 Å². The number of nitrogens with zero attached hydrogens (tertiary/aromatic N) is 1. The maximum Gasteiger partial charge on any atom is 0.255 e. The summed E-state index contributed by atoms with van der Waals surface area (Å²) in [6, 6.07) is 10.1. The van der Waals surface area contributed by atoms with Crippen LogP contribution in [0.3, 0.4) is 0 Å². The van der Waals surface area contributed by atoms with E-state index in [4.69, 9.17) is 4.74 Å². The molecule has 1 heterocycles. The lowest BCUT2D eigenvalue weighted by atomic mass is 9.91. The smallest absolute Gasteiger partial charge is 0.255 e. The minimum absolute atomic E-state index is 0.0394. The first-order valence-electron chi connectivity index (χ1n) is 7.00. The summed E-state index contributed by atoms with van der Waals surface area (Å²) in [4.78, 5) is 14.7. The molecule has 1 amide bonds. The van der Waals surface area contributed by atoms with Crippen LogP contribution in [0, 0.1) is 0 Å². The molecule has 1 aliphatic heterocycles. The topological polar surface area (TPSA) is 29.5 Å². The lowest BCUT2D eigenvalue weighted by Crippen LogP contribution is -2.63. The zero-order valence-electron chi connectivity index (χ0n) is 12.6. The molecule has 2 rings (SSSR count). The molecule has 108 valence electrons. The Bertz CT molecular complexity index is 495. The van der Waals surface area contributed by atoms with E-state index in [9.17, 15) is 4.79 Å². The van der Waals surface area contributed by atoms with Crippen LogP contribution < -0.4 is 0 Å². The highest BCUT2D eigenvalue weighted by Gasteiger charge is 2.47. The normalized spacial score (nSPS) is 25.6. The van der Waals surface area contributed by atoms with Crippen molar-refractivity contribution in [2.45, 2.75) is 44.9 Å². The molecule has 1 aromatic carbocycles. The monoisotopic (exact) mass is 273 g/mol. The second kappa shape index (κ2) is 5.41. The van der Waals surface area contributed by atoms with E-state index < -0.39 is 5.60 Å². The largest absolute Gasteiger partial charge is 0.363 e. The zero-order valence-corrected chi connectivity index (χ0v) is 12.6. The van der Waals surface area contributed by atoms with Gasteiger partial charge in [-0.1, -0.05) is 36.4 Å². The maximum atomic E-state index is 12.8. The van der Waals surface area contributed by atoms with Crippen LogP contribution in [0.4, 0.5) is 0 Å². The molecule has 20 heavy (non-hydrogen) atoms. The van der Waals surface area contributed by atoms with Gasteiger partial charge in [0.05, 0.1) is 12.1 Å². The summed E-state index contributed by atoms with van der Waals surface area (Å²) in [6.07, 6.45) is 2.28. The van der Waals surface area contributed by atoms with Crippen molar-refractivity contribution in [1.29, 1.82) is 0 Å². The average molecular weight is 273 g/mol. The molecule has 3 heteroatoms.